The molecule has 0 aromatic heterocycles. The van der Waals surface area contributed by atoms with Gasteiger partial charge < -0.3 is 4.74 Å². The second kappa shape index (κ2) is 4.91. The van der Waals surface area contributed by atoms with Crippen molar-refractivity contribution in [2.24, 2.45) is 0 Å². The van der Waals surface area contributed by atoms with Gasteiger partial charge in [-0.2, -0.15) is 0 Å². The highest BCUT2D eigenvalue weighted by Gasteiger charge is 1.89. The zero-order valence-corrected chi connectivity index (χ0v) is 6.84. The van der Waals surface area contributed by atoms with Gasteiger partial charge in [0.05, 0.1) is 6.61 Å². The van der Waals surface area contributed by atoms with Crippen LogP contribution in [-0.4, -0.2) is 13.2 Å². The molecule has 1 radical (unpaired) electrons. The van der Waals surface area contributed by atoms with Crippen molar-refractivity contribution in [2.75, 3.05) is 13.2 Å². The van der Waals surface area contributed by atoms with E-state index in [9.17, 15) is 0 Å². The van der Waals surface area contributed by atoms with Gasteiger partial charge in [0.2, 0.25) is 0 Å². The van der Waals surface area contributed by atoms with Crippen LogP contribution in [-0.2, 0) is 11.2 Å². The van der Waals surface area contributed by atoms with E-state index in [1.165, 1.54) is 5.56 Å². The first-order valence-corrected chi connectivity index (χ1v) is 3.96. The van der Waals surface area contributed by atoms with Crippen LogP contribution < -0.4 is 0 Å². The minimum atomic E-state index is 0.802. The van der Waals surface area contributed by atoms with Gasteiger partial charge in [-0.3, -0.25) is 0 Å². The molecule has 0 aliphatic carbocycles. The summed E-state index contributed by atoms with van der Waals surface area (Å²) >= 11 is 0. The lowest BCUT2D eigenvalue weighted by atomic mass is 10.2. The first-order chi connectivity index (χ1) is 5.43. The van der Waals surface area contributed by atoms with E-state index in [4.69, 9.17) is 4.74 Å². The second-order valence-electron chi connectivity index (χ2n) is 2.36. The lowest BCUT2D eigenvalue weighted by Gasteiger charge is -1.99. The Bertz CT molecular complexity index is 181. The van der Waals surface area contributed by atoms with Crippen LogP contribution in [0.15, 0.2) is 24.3 Å². The Morgan fingerprint density at radius 3 is 3.09 bits per heavy atom. The third-order valence-corrected chi connectivity index (χ3v) is 1.51. The normalized spacial score (nSPS) is 9.91. The first-order valence-electron chi connectivity index (χ1n) is 3.96. The Morgan fingerprint density at radius 1 is 1.55 bits per heavy atom. The van der Waals surface area contributed by atoms with E-state index in [0.717, 1.165) is 19.6 Å². The standard InChI is InChI=1S/C10H13O/c1-2-11-9-8-10-6-4-3-5-7-10/h3-4,6-7H,2,8-9H2,1H3. The number of ether oxygens (including phenoxy) is 1. The fourth-order valence-corrected chi connectivity index (χ4v) is 0.920. The van der Waals surface area contributed by atoms with Gasteiger partial charge in [0, 0.05) is 6.61 Å². The first kappa shape index (κ1) is 8.28. The summed E-state index contributed by atoms with van der Waals surface area (Å²) in [4.78, 5) is 0. The molecule has 0 aliphatic rings. The molecule has 0 aliphatic heterocycles. The maximum absolute atomic E-state index is 5.22. The molecule has 0 spiro atoms. The van der Waals surface area contributed by atoms with Gasteiger partial charge in [-0.05, 0) is 25.0 Å². The lowest BCUT2D eigenvalue weighted by molar-refractivity contribution is 0.151. The molecular formula is C10H13O. The molecule has 0 heterocycles. The zero-order valence-electron chi connectivity index (χ0n) is 6.84. The minimum absolute atomic E-state index is 0.802. The number of hydrogen-bond acceptors (Lipinski definition) is 1. The Kier molecular flexibility index (Phi) is 3.70. The molecule has 59 valence electrons. The average molecular weight is 149 g/mol. The summed E-state index contributed by atoms with van der Waals surface area (Å²) in [7, 11) is 0. The van der Waals surface area contributed by atoms with E-state index in [2.05, 4.69) is 12.1 Å². The Hall–Kier alpha value is -0.820. The van der Waals surface area contributed by atoms with Gasteiger partial charge in [0.15, 0.2) is 0 Å². The maximum atomic E-state index is 5.22. The van der Waals surface area contributed by atoms with Crippen molar-refractivity contribution in [3.05, 3.63) is 35.9 Å². The summed E-state index contributed by atoms with van der Waals surface area (Å²) in [6, 6.07) is 11.0. The molecule has 0 N–H and O–H groups in total. The van der Waals surface area contributed by atoms with Gasteiger partial charge >= 0.3 is 0 Å². The largest absolute Gasteiger partial charge is 0.381 e. The van der Waals surface area contributed by atoms with Gasteiger partial charge in [0.1, 0.15) is 0 Å². The van der Waals surface area contributed by atoms with Crippen LogP contribution in [0.3, 0.4) is 0 Å². The summed E-state index contributed by atoms with van der Waals surface area (Å²) in [5, 5.41) is 0. The highest BCUT2D eigenvalue weighted by atomic mass is 16.5. The van der Waals surface area contributed by atoms with Crippen molar-refractivity contribution in [3.8, 4) is 0 Å². The zero-order chi connectivity index (χ0) is 7.94. The van der Waals surface area contributed by atoms with E-state index in [1.807, 2.05) is 25.1 Å². The van der Waals surface area contributed by atoms with Crippen LogP contribution in [0.4, 0.5) is 0 Å². The summed E-state index contributed by atoms with van der Waals surface area (Å²) in [6.45, 7) is 3.63. The van der Waals surface area contributed by atoms with Gasteiger partial charge in [-0.15, -0.1) is 0 Å². The van der Waals surface area contributed by atoms with E-state index < -0.39 is 0 Å². The summed E-state index contributed by atoms with van der Waals surface area (Å²) < 4.78 is 5.22. The third-order valence-electron chi connectivity index (χ3n) is 1.51. The molecule has 0 atom stereocenters. The maximum Gasteiger partial charge on any atom is 0.0506 e. The minimum Gasteiger partial charge on any atom is -0.381 e. The molecule has 1 aromatic carbocycles. The molecule has 1 heteroatoms. The van der Waals surface area contributed by atoms with Crippen molar-refractivity contribution >= 4 is 0 Å². The quantitative estimate of drug-likeness (QED) is 0.595. The molecule has 0 amide bonds. The van der Waals surface area contributed by atoms with Crippen LogP contribution in [0.1, 0.15) is 12.5 Å². The Morgan fingerprint density at radius 2 is 2.45 bits per heavy atom. The predicted molar refractivity (Wildman–Crippen MR) is 45.5 cm³/mol. The van der Waals surface area contributed by atoms with Crippen molar-refractivity contribution in [1.82, 2.24) is 0 Å². The number of rotatable bonds is 4. The molecule has 1 aromatic rings. The van der Waals surface area contributed by atoms with Gasteiger partial charge in [0.25, 0.3) is 0 Å². The Labute approximate surface area is 68.0 Å². The molecule has 0 fully saturated rings. The molecule has 1 rings (SSSR count). The topological polar surface area (TPSA) is 9.23 Å². The van der Waals surface area contributed by atoms with E-state index in [1.54, 1.807) is 0 Å². The van der Waals surface area contributed by atoms with Crippen LogP contribution >= 0.6 is 0 Å². The average Bonchev–Trinajstić information content (AvgIpc) is 2.07. The lowest BCUT2D eigenvalue weighted by Crippen LogP contribution is -1.97. The van der Waals surface area contributed by atoms with E-state index >= 15 is 0 Å². The van der Waals surface area contributed by atoms with E-state index in [-0.39, 0.29) is 0 Å². The van der Waals surface area contributed by atoms with Gasteiger partial charge in [-0.25, -0.2) is 0 Å². The third kappa shape index (κ3) is 3.19. The molecule has 0 bridgehead atoms. The fourth-order valence-electron chi connectivity index (χ4n) is 0.920. The molecule has 0 saturated carbocycles. The summed E-state index contributed by atoms with van der Waals surface area (Å²) in [6.07, 6.45) is 0.991. The summed E-state index contributed by atoms with van der Waals surface area (Å²) in [5.74, 6) is 0. The van der Waals surface area contributed by atoms with Crippen LogP contribution in [0.25, 0.3) is 0 Å². The highest BCUT2D eigenvalue weighted by Crippen LogP contribution is 1.98. The van der Waals surface area contributed by atoms with Crippen LogP contribution in [0, 0.1) is 6.07 Å². The smallest absolute Gasteiger partial charge is 0.0506 e. The van der Waals surface area contributed by atoms with Crippen LogP contribution in [0.5, 0.6) is 0 Å². The van der Waals surface area contributed by atoms with Crippen LogP contribution in [0.2, 0.25) is 0 Å². The molecule has 1 nitrogen and oxygen atoms in total. The summed E-state index contributed by atoms with van der Waals surface area (Å²) in [5.41, 5.74) is 1.29. The number of benzene rings is 1. The van der Waals surface area contributed by atoms with Crippen molar-refractivity contribution < 1.29 is 4.74 Å². The number of hydrogen-bond donors (Lipinski definition) is 0. The van der Waals surface area contributed by atoms with Crippen molar-refractivity contribution in [3.63, 3.8) is 0 Å². The SMILES string of the molecule is CCOCCc1c[c]ccc1. The van der Waals surface area contributed by atoms with Crippen molar-refractivity contribution in [1.29, 1.82) is 0 Å². The van der Waals surface area contributed by atoms with Gasteiger partial charge in [-0.1, -0.05) is 24.3 Å². The Balaban J connectivity index is 2.28. The molecule has 0 saturated heterocycles. The predicted octanol–water partition coefficient (Wildman–Crippen LogP) is 2.07. The second-order valence-corrected chi connectivity index (χ2v) is 2.36. The molecule has 0 unspecified atom stereocenters. The highest BCUT2D eigenvalue weighted by molar-refractivity contribution is 5.13. The molecule has 11 heavy (non-hydrogen) atoms. The monoisotopic (exact) mass is 149 g/mol. The fraction of sp³-hybridized carbons (Fsp3) is 0.400. The van der Waals surface area contributed by atoms with Crippen molar-refractivity contribution in [2.45, 2.75) is 13.3 Å². The van der Waals surface area contributed by atoms with E-state index in [0.29, 0.717) is 0 Å². The molecular weight excluding hydrogens is 136 g/mol.